The summed E-state index contributed by atoms with van der Waals surface area (Å²) in [5, 5.41) is 10.7. The van der Waals surface area contributed by atoms with Crippen molar-refractivity contribution in [2.45, 2.75) is 13.5 Å². The van der Waals surface area contributed by atoms with E-state index in [0.717, 1.165) is 0 Å². The minimum atomic E-state index is -1.17. The van der Waals surface area contributed by atoms with E-state index in [2.05, 4.69) is 5.32 Å². The van der Waals surface area contributed by atoms with E-state index >= 15 is 0 Å². The van der Waals surface area contributed by atoms with Crippen LogP contribution in [0, 0.1) is 0 Å². The smallest absolute Gasteiger partial charge is 0.335 e. The summed E-state index contributed by atoms with van der Waals surface area (Å²) in [6, 6.07) is 3.98. The number of halogens is 1. The molecule has 0 radical (unpaired) electrons. The van der Waals surface area contributed by atoms with Gasteiger partial charge in [-0.1, -0.05) is 0 Å². The molecule has 1 aromatic carbocycles. The highest BCUT2D eigenvalue weighted by Crippen LogP contribution is 2.13. The maximum atomic E-state index is 11.4. The highest BCUT2D eigenvalue weighted by atomic mass is 35.5. The first-order valence-electron chi connectivity index (χ1n) is 5.85. The van der Waals surface area contributed by atoms with Gasteiger partial charge in [0.25, 0.3) is 5.24 Å². The summed E-state index contributed by atoms with van der Waals surface area (Å²) in [5.41, 5.74) is 0.477. The lowest BCUT2D eigenvalue weighted by atomic mass is 10.1. The fourth-order valence-electron chi connectivity index (χ4n) is 1.48. The standard InChI is InChI=1S/C13H14ClNO5/c1-2-20-7-11(16)15-6-8-3-9(12(14)17)5-10(4-8)13(18)19/h3-5H,2,6-7H2,1H3,(H,15,16)(H,18,19). The van der Waals surface area contributed by atoms with Crippen LogP contribution in [0.2, 0.25) is 0 Å². The Morgan fingerprint density at radius 2 is 1.90 bits per heavy atom. The fraction of sp³-hybridized carbons (Fsp3) is 0.308. The van der Waals surface area contributed by atoms with Crippen LogP contribution in [0.25, 0.3) is 0 Å². The number of aromatic carboxylic acids is 1. The first kappa shape index (κ1) is 16.1. The second kappa shape index (κ2) is 7.62. The molecule has 0 aromatic heterocycles. The van der Waals surface area contributed by atoms with Gasteiger partial charge in [-0.05, 0) is 42.3 Å². The largest absolute Gasteiger partial charge is 0.478 e. The molecule has 0 unspecified atom stereocenters. The monoisotopic (exact) mass is 299 g/mol. The maximum Gasteiger partial charge on any atom is 0.335 e. The number of hydrogen-bond acceptors (Lipinski definition) is 4. The highest BCUT2D eigenvalue weighted by Gasteiger charge is 2.11. The summed E-state index contributed by atoms with van der Waals surface area (Å²) >= 11 is 5.34. The first-order chi connectivity index (χ1) is 9.43. The zero-order valence-corrected chi connectivity index (χ0v) is 11.6. The van der Waals surface area contributed by atoms with Crippen molar-refractivity contribution < 1.29 is 24.2 Å². The fourth-order valence-corrected chi connectivity index (χ4v) is 1.59. The minimum absolute atomic E-state index is 0.0643. The number of amides is 1. The van der Waals surface area contributed by atoms with Gasteiger partial charge in [0.1, 0.15) is 6.61 Å². The normalized spacial score (nSPS) is 10.1. The Balaban J connectivity index is 2.81. The molecule has 0 aliphatic rings. The molecule has 0 atom stereocenters. The molecule has 2 N–H and O–H groups in total. The van der Waals surface area contributed by atoms with E-state index in [1.54, 1.807) is 6.92 Å². The molecule has 0 aliphatic carbocycles. The van der Waals surface area contributed by atoms with Gasteiger partial charge < -0.3 is 15.2 Å². The van der Waals surface area contributed by atoms with E-state index in [0.29, 0.717) is 12.2 Å². The van der Waals surface area contributed by atoms with Crippen LogP contribution in [0.15, 0.2) is 18.2 Å². The van der Waals surface area contributed by atoms with Crippen LogP contribution in [0.5, 0.6) is 0 Å². The summed E-state index contributed by atoms with van der Waals surface area (Å²) in [7, 11) is 0. The van der Waals surface area contributed by atoms with Crippen LogP contribution in [0.4, 0.5) is 0 Å². The SMILES string of the molecule is CCOCC(=O)NCc1cc(C(=O)O)cc(C(=O)Cl)c1. The molecule has 20 heavy (non-hydrogen) atoms. The van der Waals surface area contributed by atoms with Gasteiger partial charge in [0.15, 0.2) is 0 Å². The third kappa shape index (κ3) is 4.99. The lowest BCUT2D eigenvalue weighted by Crippen LogP contribution is -2.27. The molecule has 7 heteroatoms. The Bertz CT molecular complexity index is 497. The number of carbonyl (C=O) groups is 3. The van der Waals surface area contributed by atoms with Gasteiger partial charge in [0.05, 0.1) is 5.56 Å². The van der Waals surface area contributed by atoms with Crippen LogP contribution in [-0.2, 0) is 16.1 Å². The maximum absolute atomic E-state index is 11.4. The van der Waals surface area contributed by atoms with Gasteiger partial charge in [-0.3, -0.25) is 9.59 Å². The van der Waals surface area contributed by atoms with Crippen molar-refractivity contribution in [2.75, 3.05) is 13.2 Å². The zero-order chi connectivity index (χ0) is 15.1. The minimum Gasteiger partial charge on any atom is -0.478 e. The molecule has 0 saturated heterocycles. The molecule has 108 valence electrons. The Morgan fingerprint density at radius 3 is 2.45 bits per heavy atom. The van der Waals surface area contributed by atoms with Crippen molar-refractivity contribution >= 4 is 28.7 Å². The molecule has 0 saturated carbocycles. The average Bonchev–Trinajstić information content (AvgIpc) is 2.42. The summed E-state index contributed by atoms with van der Waals surface area (Å²) in [5.74, 6) is -1.50. The lowest BCUT2D eigenvalue weighted by molar-refractivity contribution is -0.125. The van der Waals surface area contributed by atoms with Gasteiger partial charge in [-0.15, -0.1) is 0 Å². The third-order valence-corrected chi connectivity index (χ3v) is 2.61. The molecule has 1 rings (SSSR count). The number of nitrogens with one attached hydrogen (secondary N) is 1. The summed E-state index contributed by atoms with van der Waals surface area (Å²) in [4.78, 5) is 33.4. The predicted molar refractivity (Wildman–Crippen MR) is 71.9 cm³/mol. The van der Waals surface area contributed by atoms with Crippen molar-refractivity contribution in [3.63, 3.8) is 0 Å². The molecule has 1 aromatic rings. The molecule has 0 heterocycles. The van der Waals surface area contributed by atoms with E-state index in [4.69, 9.17) is 21.4 Å². The Morgan fingerprint density at radius 1 is 1.25 bits per heavy atom. The number of carboxylic acid groups (broad SMARTS) is 1. The number of rotatable bonds is 7. The van der Waals surface area contributed by atoms with E-state index in [1.807, 2.05) is 0 Å². The van der Waals surface area contributed by atoms with Crippen molar-refractivity contribution in [1.29, 1.82) is 0 Å². The molecule has 6 nitrogen and oxygen atoms in total. The second-order valence-electron chi connectivity index (χ2n) is 3.91. The third-order valence-electron chi connectivity index (χ3n) is 2.39. The zero-order valence-electron chi connectivity index (χ0n) is 10.8. The van der Waals surface area contributed by atoms with Gasteiger partial charge in [-0.2, -0.15) is 0 Å². The average molecular weight is 300 g/mol. The van der Waals surface area contributed by atoms with Gasteiger partial charge >= 0.3 is 5.97 Å². The second-order valence-corrected chi connectivity index (χ2v) is 4.25. The molecule has 0 aliphatic heterocycles. The summed E-state index contributed by atoms with van der Waals surface area (Å²) in [6.45, 7) is 2.20. The van der Waals surface area contributed by atoms with Crippen LogP contribution in [-0.4, -0.2) is 35.4 Å². The van der Waals surface area contributed by atoms with Gasteiger partial charge in [0.2, 0.25) is 5.91 Å². The predicted octanol–water partition coefficient (Wildman–Crippen LogP) is 1.42. The van der Waals surface area contributed by atoms with Crippen molar-refractivity contribution in [3.8, 4) is 0 Å². The molecule has 1 amide bonds. The number of benzene rings is 1. The highest BCUT2D eigenvalue weighted by molar-refractivity contribution is 6.67. The molecule has 0 spiro atoms. The summed E-state index contributed by atoms with van der Waals surface area (Å²) < 4.78 is 4.93. The first-order valence-corrected chi connectivity index (χ1v) is 6.23. The molecule has 0 bridgehead atoms. The topological polar surface area (TPSA) is 92.7 Å². The number of hydrogen-bond donors (Lipinski definition) is 2. The van der Waals surface area contributed by atoms with E-state index in [-0.39, 0.29) is 30.2 Å². The van der Waals surface area contributed by atoms with Crippen LogP contribution < -0.4 is 5.32 Å². The van der Waals surface area contributed by atoms with Crippen LogP contribution in [0.3, 0.4) is 0 Å². The van der Waals surface area contributed by atoms with Crippen LogP contribution in [0.1, 0.15) is 33.2 Å². The summed E-state index contributed by atoms with van der Waals surface area (Å²) in [6.07, 6.45) is 0. The quantitative estimate of drug-likeness (QED) is 0.743. The molecular formula is C13H14ClNO5. The van der Waals surface area contributed by atoms with Gasteiger partial charge in [0, 0.05) is 18.7 Å². The van der Waals surface area contributed by atoms with E-state index < -0.39 is 11.2 Å². The lowest BCUT2D eigenvalue weighted by Gasteiger charge is -2.07. The molecule has 0 fully saturated rings. The Kier molecular flexibility index (Phi) is 6.14. The van der Waals surface area contributed by atoms with Crippen molar-refractivity contribution in [3.05, 3.63) is 34.9 Å². The Labute approximate surface area is 120 Å². The van der Waals surface area contributed by atoms with E-state index in [1.165, 1.54) is 18.2 Å². The van der Waals surface area contributed by atoms with Crippen molar-refractivity contribution in [2.24, 2.45) is 0 Å². The molecular weight excluding hydrogens is 286 g/mol. The number of carboxylic acids is 1. The number of carbonyl (C=O) groups excluding carboxylic acids is 2. The van der Waals surface area contributed by atoms with Gasteiger partial charge in [-0.25, -0.2) is 4.79 Å². The Hall–Kier alpha value is -1.92. The number of ether oxygens (including phenoxy) is 1. The van der Waals surface area contributed by atoms with E-state index in [9.17, 15) is 14.4 Å². The van der Waals surface area contributed by atoms with Crippen LogP contribution >= 0.6 is 11.6 Å². The van der Waals surface area contributed by atoms with Crippen molar-refractivity contribution in [1.82, 2.24) is 5.32 Å².